The summed E-state index contributed by atoms with van der Waals surface area (Å²) in [6.07, 6.45) is 0. The van der Waals surface area contributed by atoms with Crippen molar-refractivity contribution in [2.45, 2.75) is 38.8 Å². The number of methoxy groups -OCH3 is 1. The highest BCUT2D eigenvalue weighted by Gasteiger charge is 2.38. The van der Waals surface area contributed by atoms with Crippen LogP contribution in [0.3, 0.4) is 0 Å². The molecule has 0 N–H and O–H groups in total. The third-order valence-corrected chi connectivity index (χ3v) is 3.63. The molecule has 0 saturated carbocycles. The monoisotopic (exact) mass is 228 g/mol. The number of amides is 1. The number of likely N-dealkylation sites (N-methyl/N-ethyl adjacent to an activating group) is 1. The third kappa shape index (κ3) is 2.55. The van der Waals surface area contributed by atoms with E-state index in [0.717, 1.165) is 19.6 Å². The van der Waals surface area contributed by atoms with Gasteiger partial charge in [0.25, 0.3) is 5.91 Å². The van der Waals surface area contributed by atoms with Gasteiger partial charge in [0, 0.05) is 32.3 Å². The van der Waals surface area contributed by atoms with E-state index in [1.54, 1.807) is 7.11 Å². The molecular formula is C12H24N2O2. The predicted octanol–water partition coefficient (Wildman–Crippen LogP) is 0.964. The fourth-order valence-corrected chi connectivity index (χ4v) is 1.88. The van der Waals surface area contributed by atoms with Crippen molar-refractivity contribution in [3.05, 3.63) is 0 Å². The highest BCUT2D eigenvalue weighted by atomic mass is 16.5. The Morgan fingerprint density at radius 3 is 2.31 bits per heavy atom. The topological polar surface area (TPSA) is 32.8 Å². The van der Waals surface area contributed by atoms with Crippen molar-refractivity contribution in [2.24, 2.45) is 0 Å². The van der Waals surface area contributed by atoms with Crippen LogP contribution in [-0.4, -0.2) is 60.6 Å². The number of carbonyl (C=O) groups excluding carboxylic acids is 1. The first-order valence-electron chi connectivity index (χ1n) is 5.76. The second-order valence-electron chi connectivity index (χ2n) is 5.68. The molecule has 94 valence electrons. The molecule has 0 spiro atoms. The molecule has 1 aliphatic heterocycles. The summed E-state index contributed by atoms with van der Waals surface area (Å²) < 4.78 is 5.24. The molecule has 4 nitrogen and oxygen atoms in total. The Bertz CT molecular complexity index is 274. The van der Waals surface area contributed by atoms with Crippen LogP contribution in [0.4, 0.5) is 0 Å². The maximum atomic E-state index is 12.2. The standard InChI is InChI=1S/C12H24N2O2/c1-11(2)9-14(8-7-13(11)5)10(15)12(3,4)16-6/h7-9H2,1-6H3. The van der Waals surface area contributed by atoms with E-state index >= 15 is 0 Å². The van der Waals surface area contributed by atoms with Crippen molar-refractivity contribution < 1.29 is 9.53 Å². The highest BCUT2D eigenvalue weighted by molar-refractivity contribution is 5.84. The van der Waals surface area contributed by atoms with Crippen LogP contribution < -0.4 is 0 Å². The van der Waals surface area contributed by atoms with E-state index < -0.39 is 5.60 Å². The van der Waals surface area contributed by atoms with Crippen molar-refractivity contribution >= 4 is 5.91 Å². The normalized spacial score (nSPS) is 22.2. The molecule has 1 fully saturated rings. The van der Waals surface area contributed by atoms with Crippen molar-refractivity contribution in [1.29, 1.82) is 0 Å². The van der Waals surface area contributed by atoms with Gasteiger partial charge in [-0.3, -0.25) is 9.69 Å². The van der Waals surface area contributed by atoms with E-state index in [1.807, 2.05) is 18.7 Å². The summed E-state index contributed by atoms with van der Waals surface area (Å²) >= 11 is 0. The van der Waals surface area contributed by atoms with Crippen LogP contribution in [0, 0.1) is 0 Å². The second kappa shape index (κ2) is 4.34. The summed E-state index contributed by atoms with van der Waals surface area (Å²) in [5.41, 5.74) is -0.677. The van der Waals surface area contributed by atoms with Gasteiger partial charge in [0.2, 0.25) is 0 Å². The smallest absolute Gasteiger partial charge is 0.254 e. The minimum atomic E-state index is -0.716. The average molecular weight is 228 g/mol. The molecule has 0 atom stereocenters. The molecule has 4 heteroatoms. The lowest BCUT2D eigenvalue weighted by Crippen LogP contribution is -2.61. The quantitative estimate of drug-likeness (QED) is 0.706. The molecule has 0 aromatic rings. The van der Waals surface area contributed by atoms with Gasteiger partial charge in [-0.2, -0.15) is 0 Å². The molecular weight excluding hydrogens is 204 g/mol. The molecule has 0 aromatic heterocycles. The maximum Gasteiger partial charge on any atom is 0.254 e. The second-order valence-corrected chi connectivity index (χ2v) is 5.68. The molecule has 0 radical (unpaired) electrons. The lowest BCUT2D eigenvalue weighted by atomic mass is 9.97. The molecule has 0 unspecified atom stereocenters. The number of nitrogens with zero attached hydrogens (tertiary/aromatic N) is 2. The third-order valence-electron chi connectivity index (χ3n) is 3.63. The van der Waals surface area contributed by atoms with Gasteiger partial charge in [-0.05, 0) is 34.7 Å². The first kappa shape index (κ1) is 13.5. The van der Waals surface area contributed by atoms with E-state index in [9.17, 15) is 4.79 Å². The Hall–Kier alpha value is -0.610. The van der Waals surface area contributed by atoms with Crippen molar-refractivity contribution in [1.82, 2.24) is 9.80 Å². The first-order valence-corrected chi connectivity index (χ1v) is 5.76. The summed E-state index contributed by atoms with van der Waals surface area (Å²) in [4.78, 5) is 16.4. The van der Waals surface area contributed by atoms with E-state index in [2.05, 4.69) is 25.8 Å². The molecule has 0 aromatic carbocycles. The number of piperazine rings is 1. The summed E-state index contributed by atoms with van der Waals surface area (Å²) in [7, 11) is 3.68. The van der Waals surface area contributed by atoms with Crippen LogP contribution in [0.5, 0.6) is 0 Å². The van der Waals surface area contributed by atoms with Crippen LogP contribution in [0.15, 0.2) is 0 Å². The molecule has 1 amide bonds. The zero-order valence-corrected chi connectivity index (χ0v) is 11.3. The van der Waals surface area contributed by atoms with Crippen molar-refractivity contribution in [3.8, 4) is 0 Å². The van der Waals surface area contributed by atoms with Gasteiger partial charge >= 0.3 is 0 Å². The molecule has 1 heterocycles. The van der Waals surface area contributed by atoms with Crippen LogP contribution in [-0.2, 0) is 9.53 Å². The van der Waals surface area contributed by atoms with Crippen LogP contribution in [0.2, 0.25) is 0 Å². The maximum absolute atomic E-state index is 12.2. The Kier molecular flexibility index (Phi) is 3.65. The molecule has 1 aliphatic rings. The Labute approximate surface area is 98.5 Å². The predicted molar refractivity (Wildman–Crippen MR) is 64.4 cm³/mol. The largest absolute Gasteiger partial charge is 0.369 e. The van der Waals surface area contributed by atoms with Crippen LogP contribution in [0.25, 0.3) is 0 Å². The first-order chi connectivity index (χ1) is 7.20. The van der Waals surface area contributed by atoms with Gasteiger partial charge in [0.1, 0.15) is 5.60 Å². The molecule has 0 bridgehead atoms. The zero-order valence-electron chi connectivity index (χ0n) is 11.3. The summed E-state index contributed by atoms with van der Waals surface area (Å²) in [6, 6.07) is 0. The van der Waals surface area contributed by atoms with Crippen LogP contribution in [0.1, 0.15) is 27.7 Å². The molecule has 1 saturated heterocycles. The van der Waals surface area contributed by atoms with E-state index in [1.165, 1.54) is 0 Å². The minimum absolute atomic E-state index is 0.0394. The van der Waals surface area contributed by atoms with Crippen LogP contribution >= 0.6 is 0 Å². The lowest BCUT2D eigenvalue weighted by Gasteiger charge is -2.46. The fraction of sp³-hybridized carbons (Fsp3) is 0.917. The SMILES string of the molecule is COC(C)(C)C(=O)N1CCN(C)C(C)(C)C1. The fourth-order valence-electron chi connectivity index (χ4n) is 1.88. The van der Waals surface area contributed by atoms with Gasteiger partial charge in [-0.1, -0.05) is 0 Å². The Balaban J connectivity index is 2.74. The van der Waals surface area contributed by atoms with E-state index in [4.69, 9.17) is 4.74 Å². The number of hydrogen-bond donors (Lipinski definition) is 0. The Morgan fingerprint density at radius 1 is 1.31 bits per heavy atom. The average Bonchev–Trinajstić information content (AvgIpc) is 2.21. The molecule has 0 aliphatic carbocycles. The van der Waals surface area contributed by atoms with Crippen molar-refractivity contribution in [3.63, 3.8) is 0 Å². The lowest BCUT2D eigenvalue weighted by molar-refractivity contribution is -0.155. The minimum Gasteiger partial charge on any atom is -0.369 e. The van der Waals surface area contributed by atoms with E-state index in [-0.39, 0.29) is 11.4 Å². The van der Waals surface area contributed by atoms with Gasteiger partial charge < -0.3 is 9.64 Å². The van der Waals surface area contributed by atoms with Gasteiger partial charge in [-0.25, -0.2) is 0 Å². The Morgan fingerprint density at radius 2 is 1.88 bits per heavy atom. The summed E-state index contributed by atoms with van der Waals surface area (Å²) in [5.74, 6) is 0.0798. The van der Waals surface area contributed by atoms with Crippen molar-refractivity contribution in [2.75, 3.05) is 33.8 Å². The number of hydrogen-bond acceptors (Lipinski definition) is 3. The number of rotatable bonds is 2. The number of ether oxygens (including phenoxy) is 1. The van der Waals surface area contributed by atoms with E-state index in [0.29, 0.717) is 0 Å². The molecule has 16 heavy (non-hydrogen) atoms. The number of carbonyl (C=O) groups is 1. The van der Waals surface area contributed by atoms with Gasteiger partial charge in [-0.15, -0.1) is 0 Å². The zero-order chi connectivity index (χ0) is 12.6. The highest BCUT2D eigenvalue weighted by Crippen LogP contribution is 2.22. The molecule has 1 rings (SSSR count). The van der Waals surface area contributed by atoms with Gasteiger partial charge in [0.15, 0.2) is 0 Å². The summed E-state index contributed by atoms with van der Waals surface area (Å²) in [5, 5.41) is 0. The summed E-state index contributed by atoms with van der Waals surface area (Å²) in [6.45, 7) is 10.4. The van der Waals surface area contributed by atoms with Gasteiger partial charge in [0.05, 0.1) is 0 Å².